The largest absolute Gasteiger partial charge is 0.327 e. The summed E-state index contributed by atoms with van der Waals surface area (Å²) >= 11 is 0. The Hall–Kier alpha value is -1.45. The Morgan fingerprint density at radius 3 is 3.00 bits per heavy atom. The van der Waals surface area contributed by atoms with Crippen molar-refractivity contribution in [2.45, 2.75) is 32.4 Å². The second-order valence-corrected chi connectivity index (χ2v) is 5.84. The van der Waals surface area contributed by atoms with Gasteiger partial charge in [0.25, 0.3) is 0 Å². The summed E-state index contributed by atoms with van der Waals surface area (Å²) in [4.78, 5) is 6.98. The van der Waals surface area contributed by atoms with Gasteiger partial charge in [-0.1, -0.05) is 31.5 Å². The quantitative estimate of drug-likeness (QED) is 0.931. The van der Waals surface area contributed by atoms with Crippen molar-refractivity contribution in [3.8, 4) is 0 Å². The second kappa shape index (κ2) is 5.90. The zero-order valence-corrected chi connectivity index (χ0v) is 12.1. The Kier molecular flexibility index (Phi) is 3.99. The van der Waals surface area contributed by atoms with E-state index in [0.29, 0.717) is 12.0 Å². The molecule has 1 saturated heterocycles. The lowest BCUT2D eigenvalue weighted by Gasteiger charge is -2.36. The Morgan fingerprint density at radius 1 is 1.30 bits per heavy atom. The topological polar surface area (TPSA) is 42.2 Å². The van der Waals surface area contributed by atoms with Crippen molar-refractivity contribution in [1.82, 2.24) is 9.88 Å². The van der Waals surface area contributed by atoms with Crippen LogP contribution in [0.4, 0.5) is 0 Å². The van der Waals surface area contributed by atoms with Crippen LogP contribution in [0.3, 0.4) is 0 Å². The molecule has 2 atom stereocenters. The Bertz CT molecular complexity index is 576. The first-order chi connectivity index (χ1) is 9.78. The van der Waals surface area contributed by atoms with Gasteiger partial charge >= 0.3 is 0 Å². The predicted octanol–water partition coefficient (Wildman–Crippen LogP) is 2.79. The number of likely N-dealkylation sites (tertiary alicyclic amines) is 1. The van der Waals surface area contributed by atoms with E-state index in [2.05, 4.69) is 41.1 Å². The van der Waals surface area contributed by atoms with E-state index in [1.54, 1.807) is 0 Å². The summed E-state index contributed by atoms with van der Waals surface area (Å²) in [5.41, 5.74) is 8.66. The van der Waals surface area contributed by atoms with Crippen LogP contribution in [-0.2, 0) is 6.54 Å². The SMILES string of the molecule is CCC1CN(Cc2ccnc3ccccc23)CCC1N. The molecule has 1 aromatic heterocycles. The first kappa shape index (κ1) is 13.5. The zero-order valence-electron chi connectivity index (χ0n) is 12.1. The van der Waals surface area contributed by atoms with Crippen molar-refractivity contribution in [3.63, 3.8) is 0 Å². The van der Waals surface area contributed by atoms with E-state index in [0.717, 1.165) is 31.6 Å². The van der Waals surface area contributed by atoms with Crippen molar-refractivity contribution in [3.05, 3.63) is 42.1 Å². The van der Waals surface area contributed by atoms with Gasteiger partial charge in [-0.05, 0) is 36.6 Å². The highest BCUT2D eigenvalue weighted by atomic mass is 15.1. The molecule has 0 aliphatic carbocycles. The maximum absolute atomic E-state index is 6.20. The first-order valence-corrected chi connectivity index (χ1v) is 7.58. The molecule has 3 rings (SSSR count). The fraction of sp³-hybridized carbons (Fsp3) is 0.471. The molecule has 2 heterocycles. The standard InChI is InChI=1S/C17H23N3/c1-2-13-11-20(10-8-16(13)18)12-14-7-9-19-17-6-4-3-5-15(14)17/h3-7,9,13,16H,2,8,10-12,18H2,1H3. The van der Waals surface area contributed by atoms with E-state index in [1.807, 2.05) is 12.3 Å². The van der Waals surface area contributed by atoms with Gasteiger partial charge in [-0.2, -0.15) is 0 Å². The molecule has 3 heteroatoms. The maximum atomic E-state index is 6.20. The molecular weight excluding hydrogens is 246 g/mol. The monoisotopic (exact) mass is 269 g/mol. The minimum absolute atomic E-state index is 0.380. The minimum atomic E-state index is 0.380. The summed E-state index contributed by atoms with van der Waals surface area (Å²) in [6.07, 6.45) is 4.21. The molecule has 0 spiro atoms. The van der Waals surface area contributed by atoms with Crippen LogP contribution in [0.1, 0.15) is 25.3 Å². The molecule has 1 aromatic carbocycles. The van der Waals surface area contributed by atoms with Crippen LogP contribution in [0.25, 0.3) is 10.9 Å². The number of pyridine rings is 1. The molecule has 3 nitrogen and oxygen atoms in total. The third-order valence-corrected chi connectivity index (χ3v) is 4.53. The van der Waals surface area contributed by atoms with Crippen molar-refractivity contribution >= 4 is 10.9 Å². The molecule has 1 fully saturated rings. The lowest BCUT2D eigenvalue weighted by Crippen LogP contribution is -2.46. The third kappa shape index (κ3) is 2.69. The Labute approximate surface area is 120 Å². The van der Waals surface area contributed by atoms with Crippen LogP contribution in [0, 0.1) is 5.92 Å². The summed E-state index contributed by atoms with van der Waals surface area (Å²) in [6.45, 7) is 5.48. The lowest BCUT2D eigenvalue weighted by atomic mass is 9.90. The van der Waals surface area contributed by atoms with Crippen LogP contribution < -0.4 is 5.73 Å². The summed E-state index contributed by atoms with van der Waals surface area (Å²) in [6, 6.07) is 10.9. The summed E-state index contributed by atoms with van der Waals surface area (Å²) < 4.78 is 0. The van der Waals surface area contributed by atoms with Gasteiger partial charge in [0.15, 0.2) is 0 Å². The summed E-state index contributed by atoms with van der Waals surface area (Å²) in [7, 11) is 0. The van der Waals surface area contributed by atoms with Gasteiger partial charge in [0, 0.05) is 30.7 Å². The van der Waals surface area contributed by atoms with E-state index in [4.69, 9.17) is 5.73 Å². The number of benzene rings is 1. The minimum Gasteiger partial charge on any atom is -0.327 e. The van der Waals surface area contributed by atoms with E-state index in [9.17, 15) is 0 Å². The zero-order chi connectivity index (χ0) is 13.9. The number of para-hydroxylation sites is 1. The molecule has 2 N–H and O–H groups in total. The molecule has 0 radical (unpaired) electrons. The van der Waals surface area contributed by atoms with E-state index in [-0.39, 0.29) is 0 Å². The molecule has 0 bridgehead atoms. The number of fused-ring (bicyclic) bond motifs is 1. The van der Waals surface area contributed by atoms with Gasteiger partial charge in [-0.25, -0.2) is 0 Å². The summed E-state index contributed by atoms with van der Waals surface area (Å²) in [5, 5.41) is 1.28. The van der Waals surface area contributed by atoms with Crippen molar-refractivity contribution in [2.75, 3.05) is 13.1 Å². The molecule has 106 valence electrons. The van der Waals surface area contributed by atoms with Crippen molar-refractivity contribution in [1.29, 1.82) is 0 Å². The molecule has 1 aliphatic heterocycles. The second-order valence-electron chi connectivity index (χ2n) is 5.84. The van der Waals surface area contributed by atoms with E-state index >= 15 is 0 Å². The molecule has 1 aliphatic rings. The molecule has 20 heavy (non-hydrogen) atoms. The molecule has 0 saturated carbocycles. The van der Waals surface area contributed by atoms with Gasteiger partial charge < -0.3 is 5.73 Å². The normalized spacial score (nSPS) is 24.1. The van der Waals surface area contributed by atoms with E-state index in [1.165, 1.54) is 17.4 Å². The Balaban J connectivity index is 1.80. The fourth-order valence-corrected chi connectivity index (χ4v) is 3.23. The van der Waals surface area contributed by atoms with Crippen LogP contribution in [0.5, 0.6) is 0 Å². The number of aromatic nitrogens is 1. The first-order valence-electron chi connectivity index (χ1n) is 7.58. The number of nitrogens with zero attached hydrogens (tertiary/aromatic N) is 2. The number of hydrogen-bond acceptors (Lipinski definition) is 3. The van der Waals surface area contributed by atoms with E-state index < -0.39 is 0 Å². The van der Waals surface area contributed by atoms with Gasteiger partial charge in [0.2, 0.25) is 0 Å². The highest BCUT2D eigenvalue weighted by molar-refractivity contribution is 5.81. The third-order valence-electron chi connectivity index (χ3n) is 4.53. The van der Waals surface area contributed by atoms with Crippen molar-refractivity contribution in [2.24, 2.45) is 11.7 Å². The smallest absolute Gasteiger partial charge is 0.0705 e. The van der Waals surface area contributed by atoms with Crippen molar-refractivity contribution < 1.29 is 0 Å². The highest BCUT2D eigenvalue weighted by Gasteiger charge is 2.25. The number of nitrogens with two attached hydrogens (primary N) is 1. The maximum Gasteiger partial charge on any atom is 0.0705 e. The molecule has 2 unspecified atom stereocenters. The van der Waals surface area contributed by atoms with Gasteiger partial charge in [-0.3, -0.25) is 9.88 Å². The molecule has 2 aromatic rings. The van der Waals surface area contributed by atoms with Gasteiger partial charge in [0.05, 0.1) is 5.52 Å². The number of hydrogen-bond donors (Lipinski definition) is 1. The summed E-state index contributed by atoms with van der Waals surface area (Å²) in [5.74, 6) is 0.636. The Morgan fingerprint density at radius 2 is 2.15 bits per heavy atom. The number of rotatable bonds is 3. The lowest BCUT2D eigenvalue weighted by molar-refractivity contribution is 0.146. The average Bonchev–Trinajstić information content (AvgIpc) is 2.49. The van der Waals surface area contributed by atoms with Gasteiger partial charge in [-0.15, -0.1) is 0 Å². The van der Waals surface area contributed by atoms with Gasteiger partial charge in [0.1, 0.15) is 0 Å². The van der Waals surface area contributed by atoms with Crippen LogP contribution in [0.15, 0.2) is 36.5 Å². The average molecular weight is 269 g/mol. The predicted molar refractivity (Wildman–Crippen MR) is 83.4 cm³/mol. The van der Waals surface area contributed by atoms with Crippen LogP contribution in [0.2, 0.25) is 0 Å². The van der Waals surface area contributed by atoms with Crippen LogP contribution >= 0.6 is 0 Å². The number of piperidine rings is 1. The van der Waals surface area contributed by atoms with Crippen LogP contribution in [-0.4, -0.2) is 29.0 Å². The molecular formula is C17H23N3. The fourth-order valence-electron chi connectivity index (χ4n) is 3.23. The highest BCUT2D eigenvalue weighted by Crippen LogP contribution is 2.23. The molecule has 0 amide bonds.